The molecule has 0 aliphatic heterocycles. The third kappa shape index (κ3) is 4.14. The molecule has 0 fully saturated rings. The van der Waals surface area contributed by atoms with E-state index in [1.54, 1.807) is 6.07 Å². The fraction of sp³-hybridized carbons (Fsp3) is 0.250. The zero-order chi connectivity index (χ0) is 15.4. The van der Waals surface area contributed by atoms with Crippen LogP contribution in [0.3, 0.4) is 0 Å². The van der Waals surface area contributed by atoms with Gasteiger partial charge in [-0.05, 0) is 64.3 Å². The van der Waals surface area contributed by atoms with Crippen molar-refractivity contribution >= 4 is 50.7 Å². The minimum Gasteiger partial charge on any atom is -0.306 e. The summed E-state index contributed by atoms with van der Waals surface area (Å²) in [6.07, 6.45) is 1.01. The minimum atomic E-state index is -0.0962. The summed E-state index contributed by atoms with van der Waals surface area (Å²) in [6.45, 7) is 2.97. The first kappa shape index (κ1) is 17.1. The predicted octanol–water partition coefficient (Wildman–Crippen LogP) is 6.50. The van der Waals surface area contributed by atoms with E-state index in [0.29, 0.717) is 15.1 Å². The van der Waals surface area contributed by atoms with E-state index in [1.165, 1.54) is 0 Å². The van der Waals surface area contributed by atoms with Gasteiger partial charge in [0.25, 0.3) is 0 Å². The molecule has 5 heteroatoms. The first-order chi connectivity index (χ1) is 10.0. The number of hydrogen-bond acceptors (Lipinski definition) is 1. The largest absolute Gasteiger partial charge is 0.306 e. The van der Waals surface area contributed by atoms with Gasteiger partial charge in [0.1, 0.15) is 0 Å². The van der Waals surface area contributed by atoms with Gasteiger partial charge in [0.2, 0.25) is 0 Å². The average Bonchev–Trinajstić information content (AvgIpc) is 2.47. The van der Waals surface area contributed by atoms with Gasteiger partial charge >= 0.3 is 0 Å². The summed E-state index contributed by atoms with van der Waals surface area (Å²) in [5.74, 6) is 0. The van der Waals surface area contributed by atoms with E-state index in [1.807, 2.05) is 30.3 Å². The van der Waals surface area contributed by atoms with Gasteiger partial charge in [-0.15, -0.1) is 0 Å². The van der Waals surface area contributed by atoms with Crippen molar-refractivity contribution in [2.24, 2.45) is 0 Å². The van der Waals surface area contributed by atoms with Gasteiger partial charge < -0.3 is 5.32 Å². The summed E-state index contributed by atoms with van der Waals surface area (Å²) in [6, 6.07) is 11.3. The van der Waals surface area contributed by atoms with Gasteiger partial charge in [-0.3, -0.25) is 0 Å². The molecule has 0 aliphatic carbocycles. The lowest BCUT2D eigenvalue weighted by Gasteiger charge is -2.22. The van der Waals surface area contributed by atoms with Crippen molar-refractivity contribution in [3.05, 3.63) is 67.1 Å². The van der Waals surface area contributed by atoms with Gasteiger partial charge in [-0.25, -0.2) is 0 Å². The SMILES string of the molecule is CCCNC(c1cc(Cl)ccc1Cl)c1cccc(Br)c1Cl. The highest BCUT2D eigenvalue weighted by atomic mass is 79.9. The van der Waals surface area contributed by atoms with Gasteiger partial charge in [-0.1, -0.05) is 53.9 Å². The third-order valence-electron chi connectivity index (χ3n) is 3.16. The first-order valence-corrected chi connectivity index (χ1v) is 8.59. The van der Waals surface area contributed by atoms with E-state index < -0.39 is 0 Å². The molecule has 0 radical (unpaired) electrons. The topological polar surface area (TPSA) is 12.0 Å². The molecule has 0 saturated heterocycles. The van der Waals surface area contributed by atoms with Crippen molar-refractivity contribution < 1.29 is 0 Å². The van der Waals surface area contributed by atoms with E-state index >= 15 is 0 Å². The highest BCUT2D eigenvalue weighted by Crippen LogP contribution is 2.36. The standard InChI is InChI=1S/C16H15BrCl3N/c1-2-8-21-16(11-4-3-5-13(17)15(11)20)12-9-10(18)6-7-14(12)19/h3-7,9,16,21H,2,8H2,1H3. The van der Waals surface area contributed by atoms with Crippen molar-refractivity contribution in [2.75, 3.05) is 6.54 Å². The Morgan fingerprint density at radius 1 is 1.10 bits per heavy atom. The Bertz CT molecular complexity index is 629. The Balaban J connectivity index is 2.52. The summed E-state index contributed by atoms with van der Waals surface area (Å²) < 4.78 is 0.864. The van der Waals surface area contributed by atoms with Crippen LogP contribution in [0.1, 0.15) is 30.5 Å². The zero-order valence-corrected chi connectivity index (χ0v) is 15.3. The van der Waals surface area contributed by atoms with Crippen LogP contribution in [0.15, 0.2) is 40.9 Å². The quantitative estimate of drug-likeness (QED) is 0.597. The predicted molar refractivity (Wildman–Crippen MR) is 95.8 cm³/mol. The molecular weight excluding hydrogens is 392 g/mol. The second-order valence-corrected chi connectivity index (χ2v) is 6.77. The maximum Gasteiger partial charge on any atom is 0.0607 e. The normalized spacial score (nSPS) is 12.4. The van der Waals surface area contributed by atoms with E-state index in [2.05, 4.69) is 28.2 Å². The van der Waals surface area contributed by atoms with Gasteiger partial charge in [0, 0.05) is 14.5 Å². The van der Waals surface area contributed by atoms with Gasteiger partial charge in [0.15, 0.2) is 0 Å². The lowest BCUT2D eigenvalue weighted by atomic mass is 9.98. The van der Waals surface area contributed by atoms with Gasteiger partial charge in [0.05, 0.1) is 11.1 Å². The summed E-state index contributed by atoms with van der Waals surface area (Å²) in [7, 11) is 0. The van der Waals surface area contributed by atoms with Crippen molar-refractivity contribution in [3.8, 4) is 0 Å². The molecule has 2 aromatic rings. The van der Waals surface area contributed by atoms with Crippen molar-refractivity contribution in [3.63, 3.8) is 0 Å². The smallest absolute Gasteiger partial charge is 0.0607 e. The summed E-state index contributed by atoms with van der Waals surface area (Å²) >= 11 is 22.4. The van der Waals surface area contributed by atoms with Crippen LogP contribution in [0.25, 0.3) is 0 Å². The van der Waals surface area contributed by atoms with Crippen LogP contribution in [0, 0.1) is 0 Å². The van der Waals surface area contributed by atoms with Gasteiger partial charge in [-0.2, -0.15) is 0 Å². The second-order valence-electron chi connectivity index (χ2n) is 4.70. The molecule has 0 amide bonds. The minimum absolute atomic E-state index is 0.0962. The number of halogens is 4. The Morgan fingerprint density at radius 3 is 2.57 bits per heavy atom. The number of rotatable bonds is 5. The molecule has 112 valence electrons. The zero-order valence-electron chi connectivity index (χ0n) is 11.5. The fourth-order valence-corrected chi connectivity index (χ4v) is 3.18. The lowest BCUT2D eigenvalue weighted by Crippen LogP contribution is -2.24. The molecule has 1 N–H and O–H groups in total. The Kier molecular flexibility index (Phi) is 6.39. The van der Waals surface area contributed by atoms with E-state index in [-0.39, 0.29) is 6.04 Å². The van der Waals surface area contributed by atoms with Crippen LogP contribution in [-0.4, -0.2) is 6.54 Å². The summed E-state index contributed by atoms with van der Waals surface area (Å²) in [5.41, 5.74) is 1.90. The fourth-order valence-electron chi connectivity index (χ4n) is 2.16. The molecular formula is C16H15BrCl3N. The number of benzene rings is 2. The summed E-state index contributed by atoms with van der Waals surface area (Å²) in [4.78, 5) is 0. The van der Waals surface area contributed by atoms with Crippen LogP contribution in [0.4, 0.5) is 0 Å². The van der Waals surface area contributed by atoms with Crippen LogP contribution >= 0.6 is 50.7 Å². The Labute approximate surface area is 148 Å². The number of hydrogen-bond donors (Lipinski definition) is 1. The van der Waals surface area contributed by atoms with Crippen molar-refractivity contribution in [1.82, 2.24) is 5.32 Å². The first-order valence-electron chi connectivity index (χ1n) is 6.66. The molecule has 2 aromatic carbocycles. The molecule has 0 aromatic heterocycles. The molecule has 1 unspecified atom stereocenters. The second kappa shape index (κ2) is 7.85. The molecule has 0 spiro atoms. The molecule has 1 nitrogen and oxygen atoms in total. The van der Waals surface area contributed by atoms with Crippen LogP contribution in [0.2, 0.25) is 15.1 Å². The number of nitrogens with one attached hydrogen (secondary N) is 1. The lowest BCUT2D eigenvalue weighted by molar-refractivity contribution is 0.598. The van der Waals surface area contributed by atoms with Crippen molar-refractivity contribution in [1.29, 1.82) is 0 Å². The molecule has 0 bridgehead atoms. The molecule has 1 atom stereocenters. The molecule has 0 saturated carbocycles. The molecule has 0 aliphatic rings. The van der Waals surface area contributed by atoms with E-state index in [9.17, 15) is 0 Å². The van der Waals surface area contributed by atoms with E-state index in [0.717, 1.165) is 28.6 Å². The molecule has 0 heterocycles. The molecule has 21 heavy (non-hydrogen) atoms. The highest BCUT2D eigenvalue weighted by molar-refractivity contribution is 9.10. The van der Waals surface area contributed by atoms with Crippen LogP contribution in [-0.2, 0) is 0 Å². The monoisotopic (exact) mass is 405 g/mol. The Morgan fingerprint density at radius 2 is 1.86 bits per heavy atom. The molecule has 2 rings (SSSR count). The van der Waals surface area contributed by atoms with Crippen LogP contribution in [0.5, 0.6) is 0 Å². The van der Waals surface area contributed by atoms with Crippen molar-refractivity contribution in [2.45, 2.75) is 19.4 Å². The highest BCUT2D eigenvalue weighted by Gasteiger charge is 2.20. The summed E-state index contributed by atoms with van der Waals surface area (Å²) in [5, 5.41) is 5.50. The maximum atomic E-state index is 6.45. The Hall–Kier alpha value is -0.250. The maximum absolute atomic E-state index is 6.45. The van der Waals surface area contributed by atoms with E-state index in [4.69, 9.17) is 34.8 Å². The van der Waals surface area contributed by atoms with Crippen LogP contribution < -0.4 is 5.32 Å². The average molecular weight is 408 g/mol. The third-order valence-corrected chi connectivity index (χ3v) is 5.05.